The number of carbonyl (C=O) groups excluding carboxylic acids is 1. The molecule has 0 radical (unpaired) electrons. The Balaban J connectivity index is 1.58. The third kappa shape index (κ3) is 4.33. The highest BCUT2D eigenvalue weighted by Crippen LogP contribution is 2.33. The summed E-state index contributed by atoms with van der Waals surface area (Å²) in [5.74, 6) is 0.134. The van der Waals surface area contributed by atoms with E-state index in [1.165, 1.54) is 32.1 Å². The fraction of sp³-hybridized carbons (Fsp3) is 0.632. The normalized spacial score (nSPS) is 21.7. The van der Waals surface area contributed by atoms with Gasteiger partial charge in [-0.25, -0.2) is 0 Å². The maximum absolute atomic E-state index is 12.3. The predicted molar refractivity (Wildman–Crippen MR) is 91.4 cm³/mol. The summed E-state index contributed by atoms with van der Waals surface area (Å²) in [6.45, 7) is 4.40. The van der Waals surface area contributed by atoms with Gasteiger partial charge in [-0.3, -0.25) is 9.69 Å². The Labute approximate surface area is 139 Å². The molecule has 0 aromatic heterocycles. The summed E-state index contributed by atoms with van der Waals surface area (Å²) in [7, 11) is 0. The summed E-state index contributed by atoms with van der Waals surface area (Å²) in [6.07, 6.45) is 6.72. The van der Waals surface area contributed by atoms with Crippen LogP contribution in [0.15, 0.2) is 30.3 Å². The van der Waals surface area contributed by atoms with Crippen molar-refractivity contribution in [2.45, 2.75) is 44.1 Å². The maximum atomic E-state index is 12.3. The Morgan fingerprint density at radius 2 is 1.78 bits per heavy atom. The molecule has 0 bridgehead atoms. The first-order valence-corrected chi connectivity index (χ1v) is 8.92. The largest absolute Gasteiger partial charge is 0.379 e. The molecule has 1 saturated carbocycles. The van der Waals surface area contributed by atoms with Crippen LogP contribution in [0.2, 0.25) is 0 Å². The lowest BCUT2D eigenvalue weighted by Crippen LogP contribution is -2.59. The van der Waals surface area contributed by atoms with Crippen molar-refractivity contribution in [3.63, 3.8) is 0 Å². The SMILES string of the molecule is O=C(Cc1ccccc1)NCC1(N2CCOCC2)CCCCC1. The molecule has 1 saturated heterocycles. The third-order valence-electron chi connectivity index (χ3n) is 5.29. The first-order chi connectivity index (χ1) is 11.3. The lowest BCUT2D eigenvalue weighted by Gasteiger charge is -2.48. The van der Waals surface area contributed by atoms with E-state index in [9.17, 15) is 4.79 Å². The van der Waals surface area contributed by atoms with Crippen LogP contribution in [0.5, 0.6) is 0 Å². The monoisotopic (exact) mass is 316 g/mol. The fourth-order valence-electron chi connectivity index (χ4n) is 3.96. The van der Waals surface area contributed by atoms with Gasteiger partial charge in [-0.05, 0) is 18.4 Å². The van der Waals surface area contributed by atoms with E-state index in [2.05, 4.69) is 10.2 Å². The Morgan fingerprint density at radius 1 is 1.09 bits per heavy atom. The molecular formula is C19H28N2O2. The summed E-state index contributed by atoms with van der Waals surface area (Å²) >= 11 is 0. The molecular weight excluding hydrogens is 288 g/mol. The molecule has 0 atom stereocenters. The minimum atomic E-state index is 0.134. The molecule has 3 rings (SSSR count). The van der Waals surface area contributed by atoms with Crippen LogP contribution in [0.4, 0.5) is 0 Å². The molecule has 1 amide bonds. The van der Waals surface area contributed by atoms with Crippen molar-refractivity contribution >= 4 is 5.91 Å². The minimum Gasteiger partial charge on any atom is -0.379 e. The van der Waals surface area contributed by atoms with Gasteiger partial charge in [0.25, 0.3) is 0 Å². The second-order valence-electron chi connectivity index (χ2n) is 6.82. The number of hydrogen-bond acceptors (Lipinski definition) is 3. The van der Waals surface area contributed by atoms with Crippen LogP contribution in [0.1, 0.15) is 37.7 Å². The quantitative estimate of drug-likeness (QED) is 0.907. The number of nitrogens with one attached hydrogen (secondary N) is 1. The summed E-state index contributed by atoms with van der Waals surface area (Å²) in [6, 6.07) is 9.98. The second kappa shape index (κ2) is 7.93. The van der Waals surface area contributed by atoms with Gasteiger partial charge in [-0.2, -0.15) is 0 Å². The summed E-state index contributed by atoms with van der Waals surface area (Å²) in [5.41, 5.74) is 1.23. The van der Waals surface area contributed by atoms with Crippen molar-refractivity contribution in [1.82, 2.24) is 10.2 Å². The molecule has 4 nitrogen and oxygen atoms in total. The van der Waals surface area contributed by atoms with Gasteiger partial charge >= 0.3 is 0 Å². The lowest BCUT2D eigenvalue weighted by atomic mass is 9.79. The highest BCUT2D eigenvalue weighted by Gasteiger charge is 2.38. The number of benzene rings is 1. The van der Waals surface area contributed by atoms with Gasteiger partial charge in [-0.1, -0.05) is 49.6 Å². The van der Waals surface area contributed by atoms with Crippen LogP contribution in [0.25, 0.3) is 0 Å². The zero-order chi connectivity index (χ0) is 16.0. The van der Waals surface area contributed by atoms with E-state index >= 15 is 0 Å². The zero-order valence-corrected chi connectivity index (χ0v) is 13.9. The summed E-state index contributed by atoms with van der Waals surface area (Å²) in [4.78, 5) is 14.9. The smallest absolute Gasteiger partial charge is 0.224 e. The molecule has 4 heteroatoms. The van der Waals surface area contributed by atoms with Crippen LogP contribution in [-0.4, -0.2) is 49.2 Å². The summed E-state index contributed by atoms with van der Waals surface area (Å²) in [5, 5.41) is 3.22. The van der Waals surface area contributed by atoms with Crippen LogP contribution < -0.4 is 5.32 Å². The molecule has 1 aliphatic heterocycles. The van der Waals surface area contributed by atoms with E-state index in [1.807, 2.05) is 30.3 Å². The van der Waals surface area contributed by atoms with Gasteiger partial charge in [0.2, 0.25) is 5.91 Å². The molecule has 2 fully saturated rings. The molecule has 1 aromatic rings. The zero-order valence-electron chi connectivity index (χ0n) is 13.9. The molecule has 0 unspecified atom stereocenters. The van der Waals surface area contributed by atoms with E-state index in [0.717, 1.165) is 38.4 Å². The standard InChI is InChI=1S/C19H28N2O2/c22-18(15-17-7-3-1-4-8-17)20-16-19(9-5-2-6-10-19)21-11-13-23-14-12-21/h1,3-4,7-8H,2,5-6,9-16H2,(H,20,22). The molecule has 23 heavy (non-hydrogen) atoms. The Hall–Kier alpha value is -1.39. The molecule has 2 aliphatic rings. The van der Waals surface area contributed by atoms with Crippen molar-refractivity contribution in [3.8, 4) is 0 Å². The van der Waals surface area contributed by atoms with E-state index < -0.39 is 0 Å². The second-order valence-corrected chi connectivity index (χ2v) is 6.82. The molecule has 126 valence electrons. The number of ether oxygens (including phenoxy) is 1. The van der Waals surface area contributed by atoms with E-state index in [-0.39, 0.29) is 11.4 Å². The van der Waals surface area contributed by atoms with E-state index in [1.54, 1.807) is 0 Å². The molecule has 1 aromatic carbocycles. The van der Waals surface area contributed by atoms with Crippen LogP contribution >= 0.6 is 0 Å². The van der Waals surface area contributed by atoms with Gasteiger partial charge in [0, 0.05) is 25.2 Å². The molecule has 1 N–H and O–H groups in total. The Bertz CT molecular complexity index is 491. The Morgan fingerprint density at radius 3 is 2.48 bits per heavy atom. The van der Waals surface area contributed by atoms with Gasteiger partial charge < -0.3 is 10.1 Å². The average molecular weight is 316 g/mol. The molecule has 0 spiro atoms. The minimum absolute atomic E-state index is 0.134. The number of morpholine rings is 1. The van der Waals surface area contributed by atoms with Crippen molar-refractivity contribution in [2.75, 3.05) is 32.8 Å². The van der Waals surface area contributed by atoms with Gasteiger partial charge in [0.05, 0.1) is 19.6 Å². The number of hydrogen-bond donors (Lipinski definition) is 1. The third-order valence-corrected chi connectivity index (χ3v) is 5.29. The maximum Gasteiger partial charge on any atom is 0.224 e. The highest BCUT2D eigenvalue weighted by atomic mass is 16.5. The van der Waals surface area contributed by atoms with Gasteiger partial charge in [0.1, 0.15) is 0 Å². The number of carbonyl (C=O) groups is 1. The van der Waals surface area contributed by atoms with Crippen molar-refractivity contribution in [1.29, 1.82) is 0 Å². The molecule has 1 aliphatic carbocycles. The first-order valence-electron chi connectivity index (χ1n) is 8.92. The van der Waals surface area contributed by atoms with Gasteiger partial charge in [-0.15, -0.1) is 0 Å². The van der Waals surface area contributed by atoms with E-state index in [0.29, 0.717) is 6.42 Å². The lowest BCUT2D eigenvalue weighted by molar-refractivity contribution is -0.121. The number of amides is 1. The average Bonchev–Trinajstić information content (AvgIpc) is 2.62. The molecule has 1 heterocycles. The highest BCUT2D eigenvalue weighted by molar-refractivity contribution is 5.78. The van der Waals surface area contributed by atoms with Crippen molar-refractivity contribution in [2.24, 2.45) is 0 Å². The van der Waals surface area contributed by atoms with Gasteiger partial charge in [0.15, 0.2) is 0 Å². The number of nitrogens with zero attached hydrogens (tertiary/aromatic N) is 1. The topological polar surface area (TPSA) is 41.6 Å². The predicted octanol–water partition coefficient (Wildman–Crippen LogP) is 2.38. The summed E-state index contributed by atoms with van der Waals surface area (Å²) < 4.78 is 5.51. The van der Waals surface area contributed by atoms with Crippen LogP contribution in [0.3, 0.4) is 0 Å². The Kier molecular flexibility index (Phi) is 5.68. The van der Waals surface area contributed by atoms with Crippen molar-refractivity contribution in [3.05, 3.63) is 35.9 Å². The van der Waals surface area contributed by atoms with Crippen molar-refractivity contribution < 1.29 is 9.53 Å². The van der Waals surface area contributed by atoms with E-state index in [4.69, 9.17) is 4.74 Å². The van der Waals surface area contributed by atoms with Crippen LogP contribution in [-0.2, 0) is 16.0 Å². The number of rotatable bonds is 5. The first kappa shape index (κ1) is 16.5. The fourth-order valence-corrected chi connectivity index (χ4v) is 3.96. The van der Waals surface area contributed by atoms with Crippen LogP contribution in [0, 0.1) is 0 Å².